The molecule has 4 amide bonds. The van der Waals surface area contributed by atoms with Crippen molar-refractivity contribution in [1.29, 1.82) is 0 Å². The van der Waals surface area contributed by atoms with E-state index in [0.29, 0.717) is 45.2 Å². The minimum absolute atomic E-state index is 0.415. The number of anilines is 2. The molecule has 4 aromatic heterocycles. The second kappa shape index (κ2) is 10.1. The number of aromatic nitrogens is 6. The Hall–Kier alpha value is -6.44. The Morgan fingerprint density at radius 3 is 1.63 bits per heavy atom. The zero-order valence-electron chi connectivity index (χ0n) is 24.5. The van der Waals surface area contributed by atoms with E-state index < -0.39 is 34.5 Å². The molecule has 14 heteroatoms. The molecule has 6 aromatic rings. The lowest BCUT2D eigenvalue weighted by atomic mass is 9.83. The highest BCUT2D eigenvalue weighted by Crippen LogP contribution is 2.41. The summed E-state index contributed by atoms with van der Waals surface area (Å²) in [6, 6.07) is 14.4. The van der Waals surface area contributed by atoms with Gasteiger partial charge in [0.05, 0.1) is 22.1 Å². The van der Waals surface area contributed by atoms with Crippen molar-refractivity contribution in [2.24, 2.45) is 11.5 Å². The molecule has 2 unspecified atom stereocenters. The molecule has 2 aromatic carbocycles. The van der Waals surface area contributed by atoms with Gasteiger partial charge in [0.15, 0.2) is 10.8 Å². The molecule has 0 spiro atoms. The van der Waals surface area contributed by atoms with Crippen LogP contribution in [0.3, 0.4) is 0 Å². The fourth-order valence-corrected chi connectivity index (χ4v) is 5.66. The predicted octanol–water partition coefficient (Wildman–Crippen LogP) is 2.64. The number of H-pyrrole nitrogens is 2. The third-order valence-corrected chi connectivity index (χ3v) is 8.60. The van der Waals surface area contributed by atoms with Gasteiger partial charge in [0, 0.05) is 58.4 Å². The molecule has 0 radical (unpaired) electrons. The Balaban J connectivity index is 0.000000147. The summed E-state index contributed by atoms with van der Waals surface area (Å²) in [4.78, 5) is 71.3. The number of nitrogens with zero attached hydrogens (tertiary/aromatic N) is 4. The maximum Gasteiger partial charge on any atom is 0.244 e. The molecule has 2 atom stereocenters. The second-order valence-corrected chi connectivity index (χ2v) is 11.4. The van der Waals surface area contributed by atoms with E-state index in [1.165, 1.54) is 13.8 Å². The lowest BCUT2D eigenvalue weighted by Crippen LogP contribution is -2.44. The van der Waals surface area contributed by atoms with Crippen LogP contribution in [0.5, 0.6) is 0 Å². The zero-order valence-corrected chi connectivity index (χ0v) is 24.5. The summed E-state index contributed by atoms with van der Waals surface area (Å²) < 4.78 is 0. The summed E-state index contributed by atoms with van der Waals surface area (Å²) in [6.07, 6.45) is 6.77. The van der Waals surface area contributed by atoms with E-state index in [1.807, 2.05) is 24.3 Å². The second-order valence-electron chi connectivity index (χ2n) is 11.4. The van der Waals surface area contributed by atoms with Crippen LogP contribution in [0.15, 0.2) is 73.3 Å². The smallest absolute Gasteiger partial charge is 0.244 e. The molecule has 6 heterocycles. The molecule has 14 nitrogen and oxygen atoms in total. The maximum atomic E-state index is 12.1. The van der Waals surface area contributed by atoms with Crippen LogP contribution >= 0.6 is 0 Å². The van der Waals surface area contributed by atoms with Crippen LogP contribution in [0, 0.1) is 0 Å². The summed E-state index contributed by atoms with van der Waals surface area (Å²) in [5.74, 6) is -0.828. The van der Waals surface area contributed by atoms with Gasteiger partial charge in [-0.3, -0.25) is 29.1 Å². The Morgan fingerprint density at radius 1 is 0.674 bits per heavy atom. The standard InChI is InChI=1S/2C16H13N5O2/c1-16(14(17)22)9-6-11-12(7-10(9)21-15(16)23)20-13(19-11)8-2-4-18-5-3-8;1-16(14(17)22)9-5-11-12(6-10(9)21-15(16)23)20-13(19-11)8-3-2-4-18-7-8/h2*2-7H,1H3,(H2,17,22)(H,19,20)(H,21,23). The van der Waals surface area contributed by atoms with E-state index in [4.69, 9.17) is 11.5 Å². The molecule has 2 aliphatic rings. The van der Waals surface area contributed by atoms with Crippen LogP contribution < -0.4 is 22.1 Å². The van der Waals surface area contributed by atoms with Gasteiger partial charge in [0.2, 0.25) is 23.6 Å². The van der Waals surface area contributed by atoms with Crippen molar-refractivity contribution in [1.82, 2.24) is 29.9 Å². The number of benzene rings is 2. The van der Waals surface area contributed by atoms with Crippen molar-refractivity contribution in [3.05, 3.63) is 84.4 Å². The third-order valence-electron chi connectivity index (χ3n) is 8.60. The highest BCUT2D eigenvalue weighted by molar-refractivity contribution is 6.21. The Bertz CT molecular complexity index is 2090. The molecule has 2 aliphatic heterocycles. The first-order valence-electron chi connectivity index (χ1n) is 14.1. The van der Waals surface area contributed by atoms with Crippen LogP contribution in [0.2, 0.25) is 0 Å². The van der Waals surface area contributed by atoms with Gasteiger partial charge < -0.3 is 32.1 Å². The number of carbonyl (C=O) groups is 4. The van der Waals surface area contributed by atoms with Gasteiger partial charge in [-0.2, -0.15) is 0 Å². The minimum atomic E-state index is -1.37. The molecular weight excluding hydrogens is 588 g/mol. The van der Waals surface area contributed by atoms with Gasteiger partial charge in [0.25, 0.3) is 0 Å². The zero-order chi connectivity index (χ0) is 32.4. The first-order chi connectivity index (χ1) is 22.0. The summed E-state index contributed by atoms with van der Waals surface area (Å²) in [5.41, 5.74) is 15.0. The molecule has 0 saturated carbocycles. The van der Waals surface area contributed by atoms with E-state index in [9.17, 15) is 19.2 Å². The maximum absolute atomic E-state index is 12.1. The van der Waals surface area contributed by atoms with Crippen LogP contribution in [0.4, 0.5) is 11.4 Å². The highest BCUT2D eigenvalue weighted by Gasteiger charge is 2.49. The van der Waals surface area contributed by atoms with Gasteiger partial charge in [-0.15, -0.1) is 0 Å². The molecule has 0 aliphatic carbocycles. The van der Waals surface area contributed by atoms with Crippen molar-refractivity contribution < 1.29 is 19.2 Å². The normalized spacial score (nSPS) is 19.6. The van der Waals surface area contributed by atoms with Crippen molar-refractivity contribution in [2.75, 3.05) is 10.6 Å². The Morgan fingerprint density at radius 2 is 1.17 bits per heavy atom. The van der Waals surface area contributed by atoms with Crippen LogP contribution in [0.1, 0.15) is 25.0 Å². The molecule has 0 bridgehead atoms. The fourth-order valence-electron chi connectivity index (χ4n) is 5.66. The van der Waals surface area contributed by atoms with Gasteiger partial charge in [0.1, 0.15) is 11.6 Å². The Labute approximate surface area is 260 Å². The highest BCUT2D eigenvalue weighted by atomic mass is 16.2. The van der Waals surface area contributed by atoms with Gasteiger partial charge in [-0.25, -0.2) is 9.97 Å². The monoisotopic (exact) mass is 614 g/mol. The number of carbonyl (C=O) groups excluding carboxylic acids is 4. The lowest BCUT2D eigenvalue weighted by molar-refractivity contribution is -0.133. The summed E-state index contributed by atoms with van der Waals surface area (Å²) in [5, 5.41) is 5.41. The largest absolute Gasteiger partial charge is 0.368 e. The van der Waals surface area contributed by atoms with Gasteiger partial charge >= 0.3 is 0 Å². The number of imidazole rings is 2. The molecule has 8 rings (SSSR count). The van der Waals surface area contributed by atoms with E-state index in [2.05, 4.69) is 40.5 Å². The number of primary amides is 2. The minimum Gasteiger partial charge on any atom is -0.368 e. The SMILES string of the molecule is CC1(C(N)=O)C(=O)Nc2cc3nc(-c4cccnc4)[nH]c3cc21.CC1(C(N)=O)C(=O)Nc2cc3nc(-c4ccncc4)[nH]c3cc21. The fraction of sp³-hybridized carbons (Fsp3) is 0.125. The number of fused-ring (bicyclic) bond motifs is 4. The molecular formula is C32H26N10O4. The Kier molecular flexibility index (Phi) is 6.19. The molecule has 0 fully saturated rings. The van der Waals surface area contributed by atoms with E-state index >= 15 is 0 Å². The lowest BCUT2D eigenvalue weighted by Gasteiger charge is -2.17. The predicted molar refractivity (Wildman–Crippen MR) is 169 cm³/mol. The van der Waals surface area contributed by atoms with Crippen molar-refractivity contribution in [2.45, 2.75) is 24.7 Å². The first-order valence-corrected chi connectivity index (χ1v) is 14.1. The summed E-state index contributed by atoms with van der Waals surface area (Å²) in [6.45, 7) is 3.06. The third kappa shape index (κ3) is 4.18. The van der Waals surface area contributed by atoms with E-state index in [0.717, 1.165) is 22.2 Å². The molecule has 0 saturated heterocycles. The quantitative estimate of drug-likeness (QED) is 0.161. The van der Waals surface area contributed by atoms with Crippen molar-refractivity contribution in [3.8, 4) is 22.8 Å². The topological polar surface area (TPSA) is 228 Å². The number of nitrogens with one attached hydrogen (secondary N) is 4. The number of hydrogen-bond donors (Lipinski definition) is 6. The van der Waals surface area contributed by atoms with Crippen LogP contribution in [-0.4, -0.2) is 53.5 Å². The van der Waals surface area contributed by atoms with E-state index in [-0.39, 0.29) is 0 Å². The van der Waals surface area contributed by atoms with Crippen LogP contribution in [-0.2, 0) is 30.0 Å². The number of hydrogen-bond acceptors (Lipinski definition) is 8. The number of aromatic amines is 2. The number of nitrogens with two attached hydrogens (primary N) is 2. The van der Waals surface area contributed by atoms with Crippen molar-refractivity contribution >= 4 is 57.1 Å². The number of pyridine rings is 2. The van der Waals surface area contributed by atoms with Crippen molar-refractivity contribution in [3.63, 3.8) is 0 Å². The molecule has 228 valence electrons. The van der Waals surface area contributed by atoms with Gasteiger partial charge in [-0.05, 0) is 62.4 Å². The molecule has 46 heavy (non-hydrogen) atoms. The average molecular weight is 615 g/mol. The number of amides is 4. The first kappa shape index (κ1) is 28.3. The molecule has 8 N–H and O–H groups in total. The van der Waals surface area contributed by atoms with Crippen LogP contribution in [0.25, 0.3) is 44.8 Å². The van der Waals surface area contributed by atoms with E-state index in [1.54, 1.807) is 49.1 Å². The summed E-state index contributed by atoms with van der Waals surface area (Å²) >= 11 is 0. The van der Waals surface area contributed by atoms with Gasteiger partial charge in [-0.1, -0.05) is 0 Å². The summed E-state index contributed by atoms with van der Waals surface area (Å²) in [7, 11) is 0. The average Bonchev–Trinajstić information content (AvgIpc) is 3.79. The number of rotatable bonds is 4.